The van der Waals surface area contributed by atoms with E-state index in [9.17, 15) is 0 Å². The number of rotatable bonds is 2. The standard InChI is InChI=1S/C9H12IN3O/c10-8-4-12-9(5-11-8)13-3-1-2-7(13)6-14/h4-5,7,14H,1-3,6H2/t7-/m1/s1. The molecule has 1 atom stereocenters. The number of hydrogen-bond acceptors (Lipinski definition) is 4. The predicted molar refractivity (Wildman–Crippen MR) is 62.2 cm³/mol. The van der Waals surface area contributed by atoms with E-state index in [0.717, 1.165) is 28.9 Å². The fourth-order valence-electron chi connectivity index (χ4n) is 1.78. The third-order valence-corrected chi connectivity index (χ3v) is 3.05. The molecule has 5 heteroatoms. The van der Waals surface area contributed by atoms with Crippen molar-refractivity contribution >= 4 is 28.4 Å². The van der Waals surface area contributed by atoms with Gasteiger partial charge in [-0.3, -0.25) is 0 Å². The molecule has 1 fully saturated rings. The fourth-order valence-corrected chi connectivity index (χ4v) is 2.06. The van der Waals surface area contributed by atoms with Gasteiger partial charge in [0.05, 0.1) is 25.0 Å². The van der Waals surface area contributed by atoms with Crippen molar-refractivity contribution < 1.29 is 5.11 Å². The van der Waals surface area contributed by atoms with Crippen LogP contribution in [0, 0.1) is 3.70 Å². The van der Waals surface area contributed by atoms with Crippen LogP contribution in [0.5, 0.6) is 0 Å². The molecule has 1 saturated heterocycles. The third-order valence-electron chi connectivity index (χ3n) is 2.49. The Balaban J connectivity index is 2.17. The van der Waals surface area contributed by atoms with Crippen LogP contribution < -0.4 is 4.90 Å². The van der Waals surface area contributed by atoms with Crippen LogP contribution in [0.2, 0.25) is 0 Å². The Labute approximate surface area is 96.5 Å². The van der Waals surface area contributed by atoms with Crippen molar-refractivity contribution in [1.29, 1.82) is 0 Å². The van der Waals surface area contributed by atoms with E-state index in [4.69, 9.17) is 5.11 Å². The summed E-state index contributed by atoms with van der Waals surface area (Å²) in [5.41, 5.74) is 0. The van der Waals surface area contributed by atoms with E-state index in [2.05, 4.69) is 37.5 Å². The Kier molecular flexibility index (Phi) is 3.17. The Morgan fingerprint density at radius 3 is 3.00 bits per heavy atom. The normalized spacial score (nSPS) is 21.6. The molecule has 4 nitrogen and oxygen atoms in total. The molecule has 0 radical (unpaired) electrons. The van der Waals surface area contributed by atoms with Crippen LogP contribution in [-0.2, 0) is 0 Å². The first-order valence-electron chi connectivity index (χ1n) is 4.66. The van der Waals surface area contributed by atoms with Crippen molar-refractivity contribution in [2.45, 2.75) is 18.9 Å². The van der Waals surface area contributed by atoms with Gasteiger partial charge in [0.2, 0.25) is 0 Å². The number of nitrogens with zero attached hydrogens (tertiary/aromatic N) is 3. The Morgan fingerprint density at radius 2 is 2.36 bits per heavy atom. The molecule has 0 aromatic carbocycles. The van der Waals surface area contributed by atoms with Gasteiger partial charge in [0.1, 0.15) is 9.52 Å². The maximum absolute atomic E-state index is 9.16. The molecule has 0 spiro atoms. The molecule has 0 aliphatic carbocycles. The highest BCUT2D eigenvalue weighted by atomic mass is 127. The van der Waals surface area contributed by atoms with Crippen molar-refractivity contribution in [3.8, 4) is 0 Å². The van der Waals surface area contributed by atoms with E-state index in [-0.39, 0.29) is 12.6 Å². The first kappa shape index (κ1) is 10.1. The van der Waals surface area contributed by atoms with Gasteiger partial charge in [-0.2, -0.15) is 0 Å². The fraction of sp³-hybridized carbons (Fsp3) is 0.556. The number of anilines is 1. The lowest BCUT2D eigenvalue weighted by molar-refractivity contribution is 0.266. The molecule has 0 saturated carbocycles. The minimum absolute atomic E-state index is 0.202. The van der Waals surface area contributed by atoms with Crippen LogP contribution in [0.4, 0.5) is 5.82 Å². The largest absolute Gasteiger partial charge is 0.394 e. The minimum atomic E-state index is 0.202. The molecule has 76 valence electrons. The first-order chi connectivity index (χ1) is 6.81. The quantitative estimate of drug-likeness (QED) is 0.830. The van der Waals surface area contributed by atoms with Gasteiger partial charge in [0.15, 0.2) is 0 Å². The molecule has 2 heterocycles. The zero-order valence-corrected chi connectivity index (χ0v) is 9.88. The predicted octanol–water partition coefficient (Wildman–Crippen LogP) is 1.04. The topological polar surface area (TPSA) is 49.2 Å². The van der Waals surface area contributed by atoms with Crippen molar-refractivity contribution in [3.63, 3.8) is 0 Å². The smallest absolute Gasteiger partial charge is 0.147 e. The molecule has 1 aliphatic rings. The van der Waals surface area contributed by atoms with Gasteiger partial charge in [0.25, 0.3) is 0 Å². The summed E-state index contributed by atoms with van der Waals surface area (Å²) >= 11 is 2.13. The lowest BCUT2D eigenvalue weighted by Crippen LogP contribution is -2.32. The molecular weight excluding hydrogens is 293 g/mol. The SMILES string of the molecule is OC[C@H]1CCCN1c1cnc(I)cn1. The van der Waals surface area contributed by atoms with Crippen LogP contribution in [0.3, 0.4) is 0 Å². The highest BCUT2D eigenvalue weighted by Crippen LogP contribution is 2.22. The van der Waals surface area contributed by atoms with E-state index in [0.29, 0.717) is 0 Å². The molecular formula is C9H12IN3O. The molecule has 1 aromatic rings. The number of aliphatic hydroxyl groups is 1. The molecule has 0 unspecified atom stereocenters. The summed E-state index contributed by atoms with van der Waals surface area (Å²) in [4.78, 5) is 10.6. The highest BCUT2D eigenvalue weighted by molar-refractivity contribution is 14.1. The van der Waals surface area contributed by atoms with E-state index in [1.165, 1.54) is 0 Å². The summed E-state index contributed by atoms with van der Waals surface area (Å²) in [5, 5.41) is 9.16. The summed E-state index contributed by atoms with van der Waals surface area (Å²) in [6.45, 7) is 1.17. The average molecular weight is 305 g/mol. The summed E-state index contributed by atoms with van der Waals surface area (Å²) < 4.78 is 0.895. The zero-order chi connectivity index (χ0) is 9.97. The molecule has 1 N–H and O–H groups in total. The van der Waals surface area contributed by atoms with Crippen molar-refractivity contribution in [3.05, 3.63) is 16.1 Å². The molecule has 14 heavy (non-hydrogen) atoms. The van der Waals surface area contributed by atoms with Gasteiger partial charge < -0.3 is 10.0 Å². The van der Waals surface area contributed by atoms with Crippen molar-refractivity contribution in [1.82, 2.24) is 9.97 Å². The van der Waals surface area contributed by atoms with Gasteiger partial charge in [-0.1, -0.05) is 0 Å². The van der Waals surface area contributed by atoms with Crippen LogP contribution in [-0.4, -0.2) is 34.3 Å². The Bertz CT molecular complexity index is 303. The van der Waals surface area contributed by atoms with Gasteiger partial charge >= 0.3 is 0 Å². The number of halogens is 1. The summed E-state index contributed by atoms with van der Waals surface area (Å²) in [7, 11) is 0. The Hall–Kier alpha value is -0.430. The van der Waals surface area contributed by atoms with Crippen molar-refractivity contribution in [2.24, 2.45) is 0 Å². The lowest BCUT2D eigenvalue weighted by Gasteiger charge is -2.23. The first-order valence-corrected chi connectivity index (χ1v) is 5.74. The van der Waals surface area contributed by atoms with E-state index < -0.39 is 0 Å². The third kappa shape index (κ3) is 1.98. The second-order valence-corrected chi connectivity index (χ2v) is 4.47. The average Bonchev–Trinajstić information content (AvgIpc) is 2.67. The summed E-state index contributed by atoms with van der Waals surface area (Å²) in [6.07, 6.45) is 5.70. The monoisotopic (exact) mass is 305 g/mol. The lowest BCUT2D eigenvalue weighted by atomic mass is 10.2. The van der Waals surface area contributed by atoms with Crippen LogP contribution in [0.1, 0.15) is 12.8 Å². The van der Waals surface area contributed by atoms with Crippen LogP contribution in [0.25, 0.3) is 0 Å². The van der Waals surface area contributed by atoms with Gasteiger partial charge in [-0.05, 0) is 35.4 Å². The van der Waals surface area contributed by atoms with Gasteiger partial charge in [0, 0.05) is 6.54 Å². The Morgan fingerprint density at radius 1 is 1.50 bits per heavy atom. The molecule has 1 aromatic heterocycles. The summed E-state index contributed by atoms with van der Waals surface area (Å²) in [5.74, 6) is 0.877. The van der Waals surface area contributed by atoms with Gasteiger partial charge in [-0.25, -0.2) is 9.97 Å². The second-order valence-electron chi connectivity index (χ2n) is 3.37. The minimum Gasteiger partial charge on any atom is -0.394 e. The summed E-state index contributed by atoms with van der Waals surface area (Å²) in [6, 6.07) is 0.226. The molecule has 0 amide bonds. The van der Waals surface area contributed by atoms with E-state index in [1.807, 2.05) is 0 Å². The van der Waals surface area contributed by atoms with E-state index in [1.54, 1.807) is 12.4 Å². The number of aliphatic hydroxyl groups excluding tert-OH is 1. The molecule has 2 rings (SSSR count). The number of aromatic nitrogens is 2. The maximum atomic E-state index is 9.16. The highest BCUT2D eigenvalue weighted by Gasteiger charge is 2.24. The molecule has 1 aliphatic heterocycles. The number of hydrogen-bond donors (Lipinski definition) is 1. The van der Waals surface area contributed by atoms with Crippen LogP contribution >= 0.6 is 22.6 Å². The maximum Gasteiger partial charge on any atom is 0.147 e. The zero-order valence-electron chi connectivity index (χ0n) is 7.73. The molecule has 0 bridgehead atoms. The van der Waals surface area contributed by atoms with Gasteiger partial charge in [-0.15, -0.1) is 0 Å². The van der Waals surface area contributed by atoms with E-state index >= 15 is 0 Å². The van der Waals surface area contributed by atoms with Crippen LogP contribution in [0.15, 0.2) is 12.4 Å². The second kappa shape index (κ2) is 4.39. The van der Waals surface area contributed by atoms with Crippen molar-refractivity contribution in [2.75, 3.05) is 18.1 Å².